The fraction of sp³-hybridized carbons (Fsp3) is 0.522. The van der Waals surface area contributed by atoms with E-state index >= 15 is 0 Å². The van der Waals surface area contributed by atoms with E-state index in [-0.39, 0.29) is 11.5 Å². The van der Waals surface area contributed by atoms with Gasteiger partial charge in [-0.05, 0) is 49.1 Å². The van der Waals surface area contributed by atoms with Crippen LogP contribution in [0, 0.1) is 5.41 Å². The highest BCUT2D eigenvalue weighted by Crippen LogP contribution is 2.47. The van der Waals surface area contributed by atoms with Crippen LogP contribution >= 0.6 is 11.3 Å². The van der Waals surface area contributed by atoms with Gasteiger partial charge in [0, 0.05) is 36.3 Å². The maximum absolute atomic E-state index is 12.3. The van der Waals surface area contributed by atoms with Crippen molar-refractivity contribution in [3.63, 3.8) is 0 Å². The van der Waals surface area contributed by atoms with E-state index in [9.17, 15) is 9.90 Å². The Morgan fingerprint density at radius 3 is 2.86 bits per heavy atom. The van der Waals surface area contributed by atoms with Gasteiger partial charge in [-0.3, -0.25) is 0 Å². The smallest absolute Gasteiger partial charge is 0.337 e. The number of aryl methyl sites for hydroxylation is 1. The number of aromatic carboxylic acids is 1. The highest BCUT2D eigenvalue weighted by atomic mass is 32.1. The van der Waals surface area contributed by atoms with Crippen molar-refractivity contribution in [1.82, 2.24) is 0 Å². The molecule has 5 heteroatoms. The van der Waals surface area contributed by atoms with E-state index in [0.717, 1.165) is 66.9 Å². The Morgan fingerprint density at radius 2 is 2.11 bits per heavy atom. The van der Waals surface area contributed by atoms with Gasteiger partial charge in [-0.15, -0.1) is 11.3 Å². The van der Waals surface area contributed by atoms with Crippen molar-refractivity contribution in [2.75, 3.05) is 25.1 Å². The topological polar surface area (TPSA) is 49.8 Å². The summed E-state index contributed by atoms with van der Waals surface area (Å²) >= 11 is 1.69. The van der Waals surface area contributed by atoms with E-state index in [1.165, 1.54) is 4.88 Å². The molecule has 2 aromatic rings. The van der Waals surface area contributed by atoms with Crippen LogP contribution in [0.4, 0.5) is 5.69 Å². The number of benzene rings is 1. The van der Waals surface area contributed by atoms with Crippen LogP contribution in [-0.2, 0) is 17.6 Å². The number of para-hydroxylation sites is 1. The summed E-state index contributed by atoms with van der Waals surface area (Å²) in [5.41, 5.74) is 3.93. The van der Waals surface area contributed by atoms with Crippen LogP contribution in [0.25, 0.3) is 10.4 Å². The summed E-state index contributed by atoms with van der Waals surface area (Å²) < 4.78 is 5.61. The molecule has 4 nitrogen and oxygen atoms in total. The number of hydrogen-bond donors (Lipinski definition) is 1. The van der Waals surface area contributed by atoms with Crippen LogP contribution in [0.5, 0.6) is 0 Å². The second-order valence-electron chi connectivity index (χ2n) is 8.82. The molecule has 0 spiro atoms. The first-order chi connectivity index (χ1) is 13.4. The predicted octanol–water partition coefficient (Wildman–Crippen LogP) is 5.24. The third-order valence-corrected chi connectivity index (χ3v) is 7.51. The van der Waals surface area contributed by atoms with Crippen LogP contribution in [0.2, 0.25) is 0 Å². The van der Waals surface area contributed by atoms with E-state index in [4.69, 9.17) is 4.74 Å². The fourth-order valence-corrected chi connectivity index (χ4v) is 5.97. The van der Waals surface area contributed by atoms with Gasteiger partial charge >= 0.3 is 5.97 Å². The van der Waals surface area contributed by atoms with Crippen molar-refractivity contribution < 1.29 is 14.6 Å². The molecule has 2 aliphatic rings. The number of thiophene rings is 1. The third-order valence-electron chi connectivity index (χ3n) is 6.19. The Hall–Kier alpha value is -1.85. The molecular weight excluding hydrogens is 370 g/mol. The molecule has 0 amide bonds. The number of carboxylic acids is 1. The minimum atomic E-state index is -0.798. The maximum atomic E-state index is 12.3. The number of rotatable bonds is 4. The lowest BCUT2D eigenvalue weighted by molar-refractivity contribution is 0.0696. The van der Waals surface area contributed by atoms with Crippen LogP contribution in [0.15, 0.2) is 24.3 Å². The molecule has 1 aromatic carbocycles. The van der Waals surface area contributed by atoms with Crippen molar-refractivity contribution in [3.05, 3.63) is 40.3 Å². The maximum Gasteiger partial charge on any atom is 0.337 e. The standard InChI is InChI=1S/C23H29NO3S/c1-23(2)11-10-19-17(13-23)20(22(25)26)21(28-19)16-8-4-5-9-18(16)24-12-6-7-15(14-24)27-3/h4-5,8-9,15H,6-7,10-14H2,1-3H3,(H,25,26)/t15-/m1/s1. The van der Waals surface area contributed by atoms with E-state index in [1.54, 1.807) is 18.4 Å². The van der Waals surface area contributed by atoms with Crippen molar-refractivity contribution >= 4 is 23.0 Å². The molecule has 1 saturated heterocycles. The Bertz CT molecular complexity index is 886. The number of methoxy groups -OCH3 is 1. The van der Waals surface area contributed by atoms with Gasteiger partial charge in [-0.25, -0.2) is 4.79 Å². The average molecular weight is 400 g/mol. The molecule has 1 aliphatic heterocycles. The van der Waals surface area contributed by atoms with E-state index in [0.29, 0.717) is 5.56 Å². The zero-order valence-electron chi connectivity index (χ0n) is 17.0. The molecule has 1 aliphatic carbocycles. The summed E-state index contributed by atoms with van der Waals surface area (Å²) in [6, 6.07) is 8.28. The van der Waals surface area contributed by atoms with Crippen molar-refractivity contribution in [2.24, 2.45) is 5.41 Å². The summed E-state index contributed by atoms with van der Waals surface area (Å²) in [6.07, 6.45) is 5.34. The average Bonchev–Trinajstić information content (AvgIpc) is 3.05. The first-order valence-corrected chi connectivity index (χ1v) is 11.0. The largest absolute Gasteiger partial charge is 0.478 e. The highest BCUT2D eigenvalue weighted by Gasteiger charge is 2.34. The lowest BCUT2D eigenvalue weighted by atomic mass is 9.76. The molecule has 28 heavy (non-hydrogen) atoms. The SMILES string of the molecule is CO[C@@H]1CCCN(c2ccccc2-c2sc3c(c2C(=O)O)CC(C)(C)CC3)C1. The quantitative estimate of drug-likeness (QED) is 0.763. The Kier molecular flexibility index (Phi) is 5.23. The van der Waals surface area contributed by atoms with Crippen LogP contribution < -0.4 is 4.90 Å². The zero-order chi connectivity index (χ0) is 19.9. The lowest BCUT2D eigenvalue weighted by Gasteiger charge is -2.34. The van der Waals surface area contributed by atoms with Gasteiger partial charge in [0.15, 0.2) is 0 Å². The first-order valence-electron chi connectivity index (χ1n) is 10.1. The van der Waals surface area contributed by atoms with Gasteiger partial charge in [0.1, 0.15) is 0 Å². The highest BCUT2D eigenvalue weighted by molar-refractivity contribution is 7.16. The van der Waals surface area contributed by atoms with Gasteiger partial charge in [-0.2, -0.15) is 0 Å². The third kappa shape index (κ3) is 3.58. The number of fused-ring (bicyclic) bond motifs is 1. The molecule has 4 rings (SSSR count). The lowest BCUT2D eigenvalue weighted by Crippen LogP contribution is -2.39. The Morgan fingerprint density at radius 1 is 1.32 bits per heavy atom. The van der Waals surface area contributed by atoms with Crippen molar-refractivity contribution in [3.8, 4) is 10.4 Å². The monoisotopic (exact) mass is 399 g/mol. The summed E-state index contributed by atoms with van der Waals surface area (Å²) in [4.78, 5) is 16.8. The number of hydrogen-bond acceptors (Lipinski definition) is 4. The summed E-state index contributed by atoms with van der Waals surface area (Å²) in [5, 5.41) is 10.1. The predicted molar refractivity (Wildman–Crippen MR) is 115 cm³/mol. The van der Waals surface area contributed by atoms with Gasteiger partial charge in [0.05, 0.1) is 16.5 Å². The summed E-state index contributed by atoms with van der Waals surface area (Å²) in [5.74, 6) is -0.798. The Labute approximate surface area is 171 Å². The zero-order valence-corrected chi connectivity index (χ0v) is 17.8. The summed E-state index contributed by atoms with van der Waals surface area (Å²) in [7, 11) is 1.78. The molecule has 1 aromatic heterocycles. The number of carboxylic acid groups (broad SMARTS) is 1. The minimum absolute atomic E-state index is 0.160. The molecule has 1 fully saturated rings. The number of ether oxygens (including phenoxy) is 1. The van der Waals surface area contributed by atoms with E-state index in [2.05, 4.69) is 30.9 Å². The second kappa shape index (κ2) is 7.53. The molecule has 1 atom stereocenters. The molecule has 0 saturated carbocycles. The first kappa shape index (κ1) is 19.5. The molecular formula is C23H29NO3S. The second-order valence-corrected chi connectivity index (χ2v) is 9.92. The minimum Gasteiger partial charge on any atom is -0.478 e. The van der Waals surface area contributed by atoms with Crippen molar-refractivity contribution in [1.29, 1.82) is 0 Å². The van der Waals surface area contributed by atoms with Gasteiger partial charge < -0.3 is 14.7 Å². The number of anilines is 1. The van der Waals surface area contributed by atoms with Crippen LogP contribution in [0.3, 0.4) is 0 Å². The number of nitrogens with zero attached hydrogens (tertiary/aromatic N) is 1. The van der Waals surface area contributed by atoms with Gasteiger partial charge in [0.2, 0.25) is 0 Å². The van der Waals surface area contributed by atoms with E-state index in [1.807, 2.05) is 12.1 Å². The molecule has 150 valence electrons. The Balaban J connectivity index is 1.81. The molecule has 0 radical (unpaired) electrons. The number of piperidine rings is 1. The van der Waals surface area contributed by atoms with Crippen LogP contribution in [0.1, 0.15) is 53.9 Å². The number of carbonyl (C=O) groups is 1. The van der Waals surface area contributed by atoms with Crippen LogP contribution in [-0.4, -0.2) is 37.4 Å². The normalized spacial score (nSPS) is 21.4. The molecule has 0 unspecified atom stereocenters. The molecule has 1 N–H and O–H groups in total. The van der Waals surface area contributed by atoms with Crippen molar-refractivity contribution in [2.45, 2.75) is 52.1 Å². The fourth-order valence-electron chi connectivity index (χ4n) is 4.63. The summed E-state index contributed by atoms with van der Waals surface area (Å²) in [6.45, 7) is 6.32. The van der Waals surface area contributed by atoms with Gasteiger partial charge in [0.25, 0.3) is 0 Å². The van der Waals surface area contributed by atoms with Gasteiger partial charge in [-0.1, -0.05) is 32.0 Å². The molecule has 0 bridgehead atoms. The van der Waals surface area contributed by atoms with E-state index < -0.39 is 5.97 Å². The molecule has 2 heterocycles.